The van der Waals surface area contributed by atoms with Crippen molar-refractivity contribution in [3.8, 4) is 0 Å². The molecule has 0 radical (unpaired) electrons. The van der Waals surface area contributed by atoms with E-state index in [2.05, 4.69) is 10.0 Å². The fourth-order valence-electron chi connectivity index (χ4n) is 1.23. The lowest BCUT2D eigenvalue weighted by molar-refractivity contribution is 0.578. The molecule has 0 aliphatic carbocycles. The van der Waals surface area contributed by atoms with Gasteiger partial charge in [-0.3, -0.25) is 0 Å². The second-order valence-electron chi connectivity index (χ2n) is 3.39. The standard InChI is InChI=1S/C10H15FN2O2S.ClH/c1-12-5-6-13-16(14,15)8-9-3-2-4-10(11)7-9;/h2-4,7,12-13H,5-6,8H2,1H3;1H. The number of hydrogen-bond acceptors (Lipinski definition) is 3. The van der Waals surface area contributed by atoms with Crippen molar-refractivity contribution in [1.82, 2.24) is 10.0 Å². The molecular weight excluding hydrogens is 267 g/mol. The second-order valence-corrected chi connectivity index (χ2v) is 5.19. The average Bonchev–Trinajstić information content (AvgIpc) is 2.17. The molecule has 0 aliphatic heterocycles. The van der Waals surface area contributed by atoms with Gasteiger partial charge in [0.15, 0.2) is 0 Å². The largest absolute Gasteiger partial charge is 0.318 e. The van der Waals surface area contributed by atoms with E-state index < -0.39 is 15.8 Å². The van der Waals surface area contributed by atoms with Crippen molar-refractivity contribution < 1.29 is 12.8 Å². The fourth-order valence-corrected chi connectivity index (χ4v) is 2.36. The zero-order chi connectivity index (χ0) is 12.0. The maximum absolute atomic E-state index is 12.8. The molecule has 4 nitrogen and oxygen atoms in total. The number of rotatable bonds is 6. The van der Waals surface area contributed by atoms with E-state index in [1.165, 1.54) is 18.2 Å². The first kappa shape index (κ1) is 16.3. The van der Waals surface area contributed by atoms with Crippen LogP contribution in [0.2, 0.25) is 0 Å². The number of sulfonamides is 1. The summed E-state index contributed by atoms with van der Waals surface area (Å²) in [6, 6.07) is 5.58. The monoisotopic (exact) mass is 282 g/mol. The third kappa shape index (κ3) is 6.58. The van der Waals surface area contributed by atoms with Crippen molar-refractivity contribution >= 4 is 22.4 Å². The van der Waals surface area contributed by atoms with Crippen LogP contribution in [0.4, 0.5) is 4.39 Å². The Morgan fingerprint density at radius 3 is 2.59 bits per heavy atom. The van der Waals surface area contributed by atoms with Gasteiger partial charge in [-0.25, -0.2) is 17.5 Å². The number of benzene rings is 1. The van der Waals surface area contributed by atoms with Crippen molar-refractivity contribution in [2.24, 2.45) is 0 Å². The summed E-state index contributed by atoms with van der Waals surface area (Å²) < 4.78 is 38.3. The van der Waals surface area contributed by atoms with Gasteiger partial charge in [0.25, 0.3) is 0 Å². The first-order valence-electron chi connectivity index (χ1n) is 4.90. The summed E-state index contributed by atoms with van der Waals surface area (Å²) in [5, 5.41) is 2.83. The Balaban J connectivity index is 0.00000256. The van der Waals surface area contributed by atoms with Crippen LogP contribution >= 0.6 is 12.4 Å². The Bertz CT molecular complexity index is 440. The fraction of sp³-hybridized carbons (Fsp3) is 0.400. The molecular formula is C10H16ClFN2O2S. The van der Waals surface area contributed by atoms with Gasteiger partial charge in [-0.05, 0) is 24.7 Å². The van der Waals surface area contributed by atoms with E-state index in [-0.39, 0.29) is 18.2 Å². The third-order valence-corrected chi connectivity index (χ3v) is 3.30. The second kappa shape index (κ2) is 7.60. The Kier molecular flexibility index (Phi) is 7.29. The van der Waals surface area contributed by atoms with Crippen LogP contribution < -0.4 is 10.0 Å². The molecule has 0 saturated heterocycles. The molecule has 1 rings (SSSR count). The number of hydrogen-bond donors (Lipinski definition) is 2. The SMILES string of the molecule is CNCCNS(=O)(=O)Cc1cccc(F)c1.Cl. The molecule has 0 amide bonds. The van der Waals surface area contributed by atoms with Gasteiger partial charge in [0.2, 0.25) is 10.0 Å². The average molecular weight is 283 g/mol. The summed E-state index contributed by atoms with van der Waals surface area (Å²) >= 11 is 0. The van der Waals surface area contributed by atoms with Gasteiger partial charge >= 0.3 is 0 Å². The first-order valence-corrected chi connectivity index (χ1v) is 6.55. The van der Waals surface area contributed by atoms with Crippen molar-refractivity contribution in [3.05, 3.63) is 35.6 Å². The molecule has 0 fully saturated rings. The molecule has 0 atom stereocenters. The van der Waals surface area contributed by atoms with Gasteiger partial charge < -0.3 is 5.32 Å². The van der Waals surface area contributed by atoms with Crippen LogP contribution in [0.25, 0.3) is 0 Å². The highest BCUT2D eigenvalue weighted by Gasteiger charge is 2.10. The maximum Gasteiger partial charge on any atom is 0.215 e. The molecule has 7 heteroatoms. The first-order chi connectivity index (χ1) is 7.53. The van der Waals surface area contributed by atoms with Gasteiger partial charge in [-0.1, -0.05) is 12.1 Å². The van der Waals surface area contributed by atoms with E-state index in [0.717, 1.165) is 0 Å². The molecule has 1 aromatic rings. The molecule has 0 unspecified atom stereocenters. The molecule has 17 heavy (non-hydrogen) atoms. The lowest BCUT2D eigenvalue weighted by atomic mass is 10.2. The molecule has 0 heterocycles. The summed E-state index contributed by atoms with van der Waals surface area (Å²) in [6.07, 6.45) is 0. The van der Waals surface area contributed by atoms with Crippen molar-refractivity contribution in [2.75, 3.05) is 20.1 Å². The van der Waals surface area contributed by atoms with Crippen LogP contribution in [-0.4, -0.2) is 28.6 Å². The third-order valence-electron chi connectivity index (χ3n) is 1.94. The summed E-state index contributed by atoms with van der Waals surface area (Å²) in [5.74, 6) is -0.628. The van der Waals surface area contributed by atoms with E-state index in [9.17, 15) is 12.8 Å². The topological polar surface area (TPSA) is 58.2 Å². The predicted molar refractivity (Wildman–Crippen MR) is 68.2 cm³/mol. The molecule has 0 saturated carbocycles. The van der Waals surface area contributed by atoms with Crippen LogP contribution in [-0.2, 0) is 15.8 Å². The highest BCUT2D eigenvalue weighted by Crippen LogP contribution is 2.06. The quantitative estimate of drug-likeness (QED) is 0.762. The summed E-state index contributed by atoms with van der Waals surface area (Å²) in [7, 11) is -1.64. The summed E-state index contributed by atoms with van der Waals surface area (Å²) in [4.78, 5) is 0. The lowest BCUT2D eigenvalue weighted by Crippen LogP contribution is -2.31. The molecule has 98 valence electrons. The molecule has 0 bridgehead atoms. The van der Waals surface area contributed by atoms with E-state index in [0.29, 0.717) is 18.7 Å². The number of halogens is 2. The Labute approximate surface area is 107 Å². The Morgan fingerprint density at radius 1 is 1.29 bits per heavy atom. The maximum atomic E-state index is 12.8. The van der Waals surface area contributed by atoms with Crippen LogP contribution in [0.1, 0.15) is 5.56 Å². The Hall–Kier alpha value is -0.690. The molecule has 2 N–H and O–H groups in total. The van der Waals surface area contributed by atoms with Crippen molar-refractivity contribution in [3.63, 3.8) is 0 Å². The number of likely N-dealkylation sites (N-methyl/N-ethyl adjacent to an activating group) is 1. The molecule has 1 aromatic carbocycles. The van der Waals surface area contributed by atoms with Crippen molar-refractivity contribution in [2.45, 2.75) is 5.75 Å². The number of nitrogens with one attached hydrogen (secondary N) is 2. The van der Waals surface area contributed by atoms with Crippen LogP contribution in [0, 0.1) is 5.82 Å². The van der Waals surface area contributed by atoms with Crippen LogP contribution in [0.3, 0.4) is 0 Å². The van der Waals surface area contributed by atoms with E-state index in [4.69, 9.17) is 0 Å². The van der Waals surface area contributed by atoms with Gasteiger partial charge in [-0.15, -0.1) is 12.4 Å². The molecule has 0 aliphatic rings. The van der Waals surface area contributed by atoms with Gasteiger partial charge in [0, 0.05) is 13.1 Å². The summed E-state index contributed by atoms with van der Waals surface area (Å²) in [6.45, 7) is 0.885. The normalized spacial score (nSPS) is 10.9. The van der Waals surface area contributed by atoms with Crippen LogP contribution in [0.15, 0.2) is 24.3 Å². The Morgan fingerprint density at radius 2 is 2.00 bits per heavy atom. The van der Waals surface area contributed by atoms with Gasteiger partial charge in [0.1, 0.15) is 5.82 Å². The minimum absolute atomic E-state index is 0. The molecule has 0 spiro atoms. The zero-order valence-corrected chi connectivity index (χ0v) is 11.1. The minimum atomic E-state index is -3.38. The van der Waals surface area contributed by atoms with Gasteiger partial charge in [-0.2, -0.15) is 0 Å². The van der Waals surface area contributed by atoms with Crippen molar-refractivity contribution in [1.29, 1.82) is 0 Å². The van der Waals surface area contributed by atoms with E-state index in [1.807, 2.05) is 0 Å². The van der Waals surface area contributed by atoms with E-state index >= 15 is 0 Å². The van der Waals surface area contributed by atoms with E-state index in [1.54, 1.807) is 13.1 Å². The predicted octanol–water partition coefficient (Wildman–Crippen LogP) is 0.886. The summed E-state index contributed by atoms with van der Waals surface area (Å²) in [5.41, 5.74) is 0.442. The zero-order valence-electron chi connectivity index (χ0n) is 9.44. The lowest BCUT2D eigenvalue weighted by Gasteiger charge is -2.06. The van der Waals surface area contributed by atoms with Gasteiger partial charge in [0.05, 0.1) is 5.75 Å². The van der Waals surface area contributed by atoms with Crippen LogP contribution in [0.5, 0.6) is 0 Å². The smallest absolute Gasteiger partial charge is 0.215 e. The molecule has 0 aromatic heterocycles. The highest BCUT2D eigenvalue weighted by molar-refractivity contribution is 7.88. The minimum Gasteiger partial charge on any atom is -0.318 e. The highest BCUT2D eigenvalue weighted by atomic mass is 35.5.